The topological polar surface area (TPSA) is 47.3 Å². The van der Waals surface area contributed by atoms with E-state index >= 15 is 0 Å². The molecular formula is C21H11BrClN3O. The van der Waals surface area contributed by atoms with E-state index in [0.29, 0.717) is 27.2 Å². The average molecular weight is 437 g/mol. The van der Waals surface area contributed by atoms with Gasteiger partial charge in [-0.05, 0) is 54.1 Å². The zero-order valence-electron chi connectivity index (χ0n) is 13.9. The molecule has 0 unspecified atom stereocenters. The van der Waals surface area contributed by atoms with E-state index in [1.54, 1.807) is 16.7 Å². The molecule has 0 fully saturated rings. The third kappa shape index (κ3) is 2.62. The number of aromatic nitrogens is 3. The number of pyridine rings is 2. The Balaban J connectivity index is 2.03. The minimum absolute atomic E-state index is 0.143. The van der Waals surface area contributed by atoms with Crippen LogP contribution in [0.2, 0.25) is 5.02 Å². The lowest BCUT2D eigenvalue weighted by atomic mass is 10.0. The zero-order valence-corrected chi connectivity index (χ0v) is 16.2. The Bertz CT molecular complexity index is 1410. The lowest BCUT2D eigenvalue weighted by molar-refractivity contribution is 1.10. The van der Waals surface area contributed by atoms with Gasteiger partial charge in [0.1, 0.15) is 11.3 Å². The monoisotopic (exact) mass is 435 g/mol. The standard InChI is InChI=1S/C21H11BrClN3O/c22-14-5-8-18-17(11-14)21(27)26-19-13(2-1-9-24-19)10-16(20(26)25-18)12-3-6-15(23)7-4-12/h1-11H. The Kier molecular flexibility index (Phi) is 3.74. The first-order valence-corrected chi connectivity index (χ1v) is 9.44. The van der Waals surface area contributed by atoms with Crippen LogP contribution in [-0.2, 0) is 0 Å². The predicted octanol–water partition coefficient (Wildman–Crippen LogP) is 5.48. The van der Waals surface area contributed by atoms with Crippen LogP contribution in [0.4, 0.5) is 0 Å². The highest BCUT2D eigenvalue weighted by Crippen LogP contribution is 2.29. The Morgan fingerprint density at radius 2 is 1.78 bits per heavy atom. The Morgan fingerprint density at radius 1 is 0.963 bits per heavy atom. The highest BCUT2D eigenvalue weighted by molar-refractivity contribution is 9.10. The molecule has 5 aromatic rings. The lowest BCUT2D eigenvalue weighted by Gasteiger charge is -2.12. The van der Waals surface area contributed by atoms with Crippen LogP contribution >= 0.6 is 27.5 Å². The van der Waals surface area contributed by atoms with Crippen LogP contribution in [0, 0.1) is 0 Å². The number of benzene rings is 2. The number of nitrogens with zero attached hydrogens (tertiary/aromatic N) is 3. The third-order valence-corrected chi connectivity index (χ3v) is 5.30. The van der Waals surface area contributed by atoms with Crippen molar-refractivity contribution in [2.24, 2.45) is 0 Å². The predicted molar refractivity (Wildman–Crippen MR) is 112 cm³/mol. The van der Waals surface area contributed by atoms with Crippen molar-refractivity contribution in [2.45, 2.75) is 0 Å². The summed E-state index contributed by atoms with van der Waals surface area (Å²) in [6.07, 6.45) is 1.68. The Hall–Kier alpha value is -2.76. The van der Waals surface area contributed by atoms with E-state index in [4.69, 9.17) is 16.6 Å². The third-order valence-electron chi connectivity index (χ3n) is 4.55. The fraction of sp³-hybridized carbons (Fsp3) is 0. The Morgan fingerprint density at radius 3 is 2.59 bits per heavy atom. The summed E-state index contributed by atoms with van der Waals surface area (Å²) < 4.78 is 2.42. The van der Waals surface area contributed by atoms with Gasteiger partial charge in [-0.2, -0.15) is 0 Å². The highest BCUT2D eigenvalue weighted by atomic mass is 79.9. The summed E-state index contributed by atoms with van der Waals surface area (Å²) in [7, 11) is 0. The largest absolute Gasteiger partial charge is 0.268 e. The molecule has 5 rings (SSSR count). The van der Waals surface area contributed by atoms with Crippen LogP contribution < -0.4 is 5.56 Å². The molecule has 0 spiro atoms. The number of fused-ring (bicyclic) bond motifs is 4. The average Bonchev–Trinajstić information content (AvgIpc) is 2.68. The van der Waals surface area contributed by atoms with Gasteiger partial charge in [0.15, 0.2) is 0 Å². The van der Waals surface area contributed by atoms with Gasteiger partial charge in [-0.15, -0.1) is 0 Å². The molecule has 6 heteroatoms. The zero-order chi connectivity index (χ0) is 18.5. The van der Waals surface area contributed by atoms with Crippen molar-refractivity contribution >= 4 is 55.1 Å². The molecular weight excluding hydrogens is 426 g/mol. The number of halogens is 2. The summed E-state index contributed by atoms with van der Waals surface area (Å²) in [5, 5.41) is 2.07. The molecule has 4 nitrogen and oxygen atoms in total. The summed E-state index contributed by atoms with van der Waals surface area (Å²) in [5.74, 6) is 0. The number of hydrogen-bond acceptors (Lipinski definition) is 3. The van der Waals surface area contributed by atoms with E-state index in [0.717, 1.165) is 21.0 Å². The van der Waals surface area contributed by atoms with Gasteiger partial charge in [0.05, 0.1) is 10.9 Å². The maximum absolute atomic E-state index is 13.3. The first kappa shape index (κ1) is 16.4. The van der Waals surface area contributed by atoms with E-state index < -0.39 is 0 Å². The summed E-state index contributed by atoms with van der Waals surface area (Å²) in [5.41, 5.74) is 3.46. The molecule has 0 aliphatic rings. The molecule has 3 aromatic heterocycles. The van der Waals surface area contributed by atoms with Crippen molar-refractivity contribution < 1.29 is 0 Å². The molecule has 27 heavy (non-hydrogen) atoms. The molecule has 0 atom stereocenters. The summed E-state index contributed by atoms with van der Waals surface area (Å²) in [4.78, 5) is 22.6. The fourth-order valence-electron chi connectivity index (χ4n) is 3.31. The lowest BCUT2D eigenvalue weighted by Crippen LogP contribution is -2.17. The van der Waals surface area contributed by atoms with Gasteiger partial charge < -0.3 is 0 Å². The molecule has 0 aliphatic carbocycles. The van der Waals surface area contributed by atoms with E-state index in [9.17, 15) is 4.79 Å². The second-order valence-electron chi connectivity index (χ2n) is 6.22. The quantitative estimate of drug-likeness (QED) is 0.258. The first-order chi connectivity index (χ1) is 13.1. The van der Waals surface area contributed by atoms with Gasteiger partial charge in [0.2, 0.25) is 0 Å². The molecule has 0 saturated carbocycles. The molecule has 0 N–H and O–H groups in total. The molecule has 130 valence electrons. The molecule has 0 radical (unpaired) electrons. The van der Waals surface area contributed by atoms with Crippen LogP contribution in [-0.4, -0.2) is 14.4 Å². The van der Waals surface area contributed by atoms with Crippen LogP contribution in [0.1, 0.15) is 0 Å². The van der Waals surface area contributed by atoms with Crippen molar-refractivity contribution in [3.05, 3.63) is 86.7 Å². The molecule has 3 heterocycles. The van der Waals surface area contributed by atoms with Gasteiger partial charge in [-0.1, -0.05) is 39.7 Å². The minimum Gasteiger partial charge on any atom is -0.268 e. The molecule has 0 saturated heterocycles. The van der Waals surface area contributed by atoms with Gasteiger partial charge in [0.25, 0.3) is 5.56 Å². The molecule has 0 aliphatic heterocycles. The fourth-order valence-corrected chi connectivity index (χ4v) is 3.79. The van der Waals surface area contributed by atoms with Crippen molar-refractivity contribution in [3.63, 3.8) is 0 Å². The second-order valence-corrected chi connectivity index (χ2v) is 7.57. The van der Waals surface area contributed by atoms with Crippen molar-refractivity contribution in [1.29, 1.82) is 0 Å². The summed E-state index contributed by atoms with van der Waals surface area (Å²) in [6, 6.07) is 18.8. The number of hydrogen-bond donors (Lipinski definition) is 0. The summed E-state index contributed by atoms with van der Waals surface area (Å²) in [6.45, 7) is 0. The molecule has 0 bridgehead atoms. The van der Waals surface area contributed by atoms with E-state index in [1.807, 2.05) is 54.6 Å². The van der Waals surface area contributed by atoms with Gasteiger partial charge >= 0.3 is 0 Å². The normalized spacial score (nSPS) is 11.5. The second kappa shape index (κ2) is 6.15. The highest BCUT2D eigenvalue weighted by Gasteiger charge is 2.15. The van der Waals surface area contributed by atoms with E-state index in [2.05, 4.69) is 20.9 Å². The van der Waals surface area contributed by atoms with Gasteiger partial charge in [0, 0.05) is 26.6 Å². The van der Waals surface area contributed by atoms with Crippen molar-refractivity contribution in [3.8, 4) is 11.1 Å². The maximum atomic E-state index is 13.3. The van der Waals surface area contributed by atoms with Crippen LogP contribution in [0.3, 0.4) is 0 Å². The van der Waals surface area contributed by atoms with Crippen LogP contribution in [0.15, 0.2) is 76.1 Å². The van der Waals surface area contributed by atoms with Gasteiger partial charge in [-0.25, -0.2) is 14.4 Å². The van der Waals surface area contributed by atoms with Crippen molar-refractivity contribution in [2.75, 3.05) is 0 Å². The van der Waals surface area contributed by atoms with E-state index in [1.165, 1.54) is 0 Å². The molecule has 0 amide bonds. The number of rotatable bonds is 1. The minimum atomic E-state index is -0.143. The van der Waals surface area contributed by atoms with Crippen LogP contribution in [0.25, 0.3) is 38.7 Å². The molecule has 2 aromatic carbocycles. The Labute approximate surface area is 167 Å². The maximum Gasteiger partial charge on any atom is 0.267 e. The smallest absolute Gasteiger partial charge is 0.267 e. The van der Waals surface area contributed by atoms with Crippen LogP contribution in [0.5, 0.6) is 0 Å². The SMILES string of the molecule is O=c1c2cc(Br)ccc2nc2c(-c3ccc(Cl)cc3)cc3cccnc3n12. The van der Waals surface area contributed by atoms with E-state index in [-0.39, 0.29) is 5.56 Å². The van der Waals surface area contributed by atoms with Gasteiger partial charge in [-0.3, -0.25) is 4.79 Å². The first-order valence-electron chi connectivity index (χ1n) is 8.27. The van der Waals surface area contributed by atoms with Crippen molar-refractivity contribution in [1.82, 2.24) is 14.4 Å². The summed E-state index contributed by atoms with van der Waals surface area (Å²) >= 11 is 9.48.